The molecule has 2 unspecified atom stereocenters. The Balaban J connectivity index is 2.02. The molecule has 3 heteroatoms. The highest BCUT2D eigenvalue weighted by atomic mass is 32.1. The van der Waals surface area contributed by atoms with Gasteiger partial charge in [0.1, 0.15) is 4.88 Å². The van der Waals surface area contributed by atoms with Crippen LogP contribution in [0.5, 0.6) is 0 Å². The number of carbonyl (C=O) groups is 1. The van der Waals surface area contributed by atoms with Crippen LogP contribution in [0.15, 0.2) is 6.07 Å². The summed E-state index contributed by atoms with van der Waals surface area (Å²) >= 11 is 1.65. The Labute approximate surface area is 119 Å². The number of hydrogen-bond donors (Lipinski definition) is 0. The first-order valence-corrected chi connectivity index (χ1v) is 7.91. The average molecular weight is 278 g/mol. The monoisotopic (exact) mass is 278 g/mol. The third kappa shape index (κ3) is 1.78. The van der Waals surface area contributed by atoms with E-state index in [1.807, 2.05) is 0 Å². The van der Waals surface area contributed by atoms with Gasteiger partial charge in [0.25, 0.3) is 0 Å². The second-order valence-corrected chi connectivity index (χ2v) is 8.09. The molecule has 0 radical (unpaired) electrons. The molecule has 2 atom stereocenters. The predicted molar refractivity (Wildman–Crippen MR) is 77.8 cm³/mol. The highest BCUT2D eigenvalue weighted by Crippen LogP contribution is 2.59. The number of ether oxygens (including phenoxy) is 1. The molecule has 3 rings (SSSR count). The van der Waals surface area contributed by atoms with Crippen molar-refractivity contribution < 1.29 is 9.53 Å². The van der Waals surface area contributed by atoms with Gasteiger partial charge in [-0.2, -0.15) is 0 Å². The second-order valence-electron chi connectivity index (χ2n) is 6.96. The molecule has 1 heterocycles. The number of fused-ring (bicyclic) bond motifs is 3. The smallest absolute Gasteiger partial charge is 0.348 e. The fraction of sp³-hybridized carbons (Fsp3) is 0.688. The van der Waals surface area contributed by atoms with Crippen molar-refractivity contribution in [2.45, 2.75) is 51.9 Å². The molecule has 2 nitrogen and oxygen atoms in total. The molecule has 19 heavy (non-hydrogen) atoms. The van der Waals surface area contributed by atoms with E-state index in [0.717, 1.165) is 17.2 Å². The number of methoxy groups -OCH3 is 1. The molecule has 0 bridgehead atoms. The zero-order valence-electron chi connectivity index (χ0n) is 12.2. The van der Waals surface area contributed by atoms with Crippen LogP contribution >= 0.6 is 11.3 Å². The third-order valence-electron chi connectivity index (χ3n) is 5.43. The molecule has 0 aromatic carbocycles. The predicted octanol–water partition coefficient (Wildman–Crippen LogP) is 4.17. The Bertz CT molecular complexity index is 529. The lowest BCUT2D eigenvalue weighted by atomic mass is 9.57. The lowest BCUT2D eigenvalue weighted by Gasteiger charge is -2.47. The van der Waals surface area contributed by atoms with Crippen molar-refractivity contribution in [3.05, 3.63) is 21.4 Å². The minimum Gasteiger partial charge on any atom is -0.465 e. The van der Waals surface area contributed by atoms with Crippen molar-refractivity contribution in [2.24, 2.45) is 11.3 Å². The van der Waals surface area contributed by atoms with Crippen LogP contribution in [-0.2, 0) is 16.6 Å². The summed E-state index contributed by atoms with van der Waals surface area (Å²) in [6.07, 6.45) is 5.01. The van der Waals surface area contributed by atoms with Gasteiger partial charge in [0.2, 0.25) is 0 Å². The normalized spacial score (nSPS) is 31.7. The Morgan fingerprint density at radius 1 is 1.37 bits per heavy atom. The summed E-state index contributed by atoms with van der Waals surface area (Å²) in [7, 11) is 1.46. The van der Waals surface area contributed by atoms with Gasteiger partial charge in [0.05, 0.1) is 7.11 Å². The van der Waals surface area contributed by atoms with Crippen LogP contribution in [0.3, 0.4) is 0 Å². The van der Waals surface area contributed by atoms with E-state index >= 15 is 0 Å². The summed E-state index contributed by atoms with van der Waals surface area (Å²) in [5.74, 6) is 0.538. The Hall–Kier alpha value is -0.830. The molecule has 1 aromatic heterocycles. The largest absolute Gasteiger partial charge is 0.465 e. The number of rotatable bonds is 1. The van der Waals surface area contributed by atoms with Crippen LogP contribution in [-0.4, -0.2) is 13.1 Å². The number of carbonyl (C=O) groups excluding carboxylic acids is 1. The van der Waals surface area contributed by atoms with Gasteiger partial charge in [-0.05, 0) is 47.6 Å². The van der Waals surface area contributed by atoms with E-state index in [9.17, 15) is 4.79 Å². The Morgan fingerprint density at radius 2 is 2.11 bits per heavy atom. The molecule has 0 N–H and O–H groups in total. The third-order valence-corrected chi connectivity index (χ3v) is 6.57. The molecule has 1 fully saturated rings. The molecule has 0 spiro atoms. The maximum absolute atomic E-state index is 11.7. The zero-order valence-corrected chi connectivity index (χ0v) is 13.0. The summed E-state index contributed by atoms with van der Waals surface area (Å²) < 4.78 is 4.85. The van der Waals surface area contributed by atoms with Gasteiger partial charge in [0.15, 0.2) is 0 Å². The van der Waals surface area contributed by atoms with Crippen LogP contribution in [0.2, 0.25) is 0 Å². The molecule has 0 aliphatic heterocycles. The van der Waals surface area contributed by atoms with Gasteiger partial charge in [-0.25, -0.2) is 4.79 Å². The van der Waals surface area contributed by atoms with E-state index in [4.69, 9.17) is 4.74 Å². The minimum atomic E-state index is -0.186. The lowest BCUT2D eigenvalue weighted by Crippen LogP contribution is -2.42. The summed E-state index contributed by atoms with van der Waals surface area (Å²) in [5.41, 5.74) is 2.10. The van der Waals surface area contributed by atoms with Crippen LogP contribution < -0.4 is 0 Å². The van der Waals surface area contributed by atoms with Gasteiger partial charge in [-0.15, -0.1) is 11.3 Å². The van der Waals surface area contributed by atoms with Crippen LogP contribution in [0.25, 0.3) is 0 Å². The van der Waals surface area contributed by atoms with Crippen molar-refractivity contribution in [1.29, 1.82) is 0 Å². The van der Waals surface area contributed by atoms with Gasteiger partial charge < -0.3 is 4.74 Å². The first-order chi connectivity index (χ1) is 8.88. The quantitative estimate of drug-likeness (QED) is 0.721. The standard InChI is InChI=1S/C16H22O2S/c1-15(2)6-5-7-16(3)10-8-12(14(17)18-4)19-11(10)9-13(15)16/h8,13H,5-7,9H2,1-4H3. The molecule has 2 aliphatic rings. The number of esters is 1. The molecule has 1 aromatic rings. The highest BCUT2D eigenvalue weighted by molar-refractivity contribution is 7.14. The van der Waals surface area contributed by atoms with Gasteiger partial charge in [0, 0.05) is 4.88 Å². The van der Waals surface area contributed by atoms with E-state index < -0.39 is 0 Å². The summed E-state index contributed by atoms with van der Waals surface area (Å²) in [6.45, 7) is 7.22. The van der Waals surface area contributed by atoms with Crippen LogP contribution in [0.4, 0.5) is 0 Å². The SMILES string of the molecule is COC(=O)c1cc2c(s1)CC1C(C)(C)CCCC21C. The minimum absolute atomic E-state index is 0.186. The average Bonchev–Trinajstić information content (AvgIpc) is 2.87. The molecule has 0 saturated heterocycles. The van der Waals surface area contributed by atoms with Crippen molar-refractivity contribution in [2.75, 3.05) is 7.11 Å². The van der Waals surface area contributed by atoms with Crippen LogP contribution in [0, 0.1) is 11.3 Å². The molecular weight excluding hydrogens is 256 g/mol. The second kappa shape index (κ2) is 4.08. The van der Waals surface area contributed by atoms with Crippen LogP contribution in [0.1, 0.15) is 60.1 Å². The maximum atomic E-state index is 11.7. The van der Waals surface area contributed by atoms with Gasteiger partial charge in [-0.1, -0.05) is 27.2 Å². The fourth-order valence-electron chi connectivity index (χ4n) is 4.40. The zero-order chi connectivity index (χ0) is 13.8. The first-order valence-electron chi connectivity index (χ1n) is 7.10. The van der Waals surface area contributed by atoms with E-state index in [1.165, 1.54) is 36.8 Å². The molecule has 0 amide bonds. The Kier molecular flexibility index (Phi) is 2.83. The van der Waals surface area contributed by atoms with Gasteiger partial charge in [-0.3, -0.25) is 0 Å². The summed E-state index contributed by atoms with van der Waals surface area (Å²) in [5, 5.41) is 0. The lowest BCUT2D eigenvalue weighted by molar-refractivity contribution is 0.0604. The fourth-order valence-corrected chi connectivity index (χ4v) is 5.66. The molecule has 104 valence electrons. The maximum Gasteiger partial charge on any atom is 0.348 e. The summed E-state index contributed by atoms with van der Waals surface area (Å²) in [4.78, 5) is 13.9. The first kappa shape index (κ1) is 13.2. The molecule has 1 saturated carbocycles. The molecule has 2 aliphatic carbocycles. The molecular formula is C16H22O2S. The number of thiophene rings is 1. The van der Waals surface area contributed by atoms with Crippen molar-refractivity contribution in [1.82, 2.24) is 0 Å². The Morgan fingerprint density at radius 3 is 2.79 bits per heavy atom. The van der Waals surface area contributed by atoms with E-state index in [0.29, 0.717) is 5.41 Å². The van der Waals surface area contributed by atoms with E-state index in [-0.39, 0.29) is 11.4 Å². The highest BCUT2D eigenvalue weighted by Gasteiger charge is 2.52. The van der Waals surface area contributed by atoms with E-state index in [1.54, 1.807) is 11.3 Å². The summed E-state index contributed by atoms with van der Waals surface area (Å²) in [6, 6.07) is 2.10. The van der Waals surface area contributed by atoms with Crippen molar-refractivity contribution in [3.63, 3.8) is 0 Å². The topological polar surface area (TPSA) is 26.3 Å². The van der Waals surface area contributed by atoms with E-state index in [2.05, 4.69) is 26.8 Å². The van der Waals surface area contributed by atoms with Crippen molar-refractivity contribution >= 4 is 17.3 Å². The number of hydrogen-bond acceptors (Lipinski definition) is 3. The van der Waals surface area contributed by atoms with Crippen molar-refractivity contribution in [3.8, 4) is 0 Å². The van der Waals surface area contributed by atoms with Gasteiger partial charge >= 0.3 is 5.97 Å².